The van der Waals surface area contributed by atoms with Crippen molar-refractivity contribution in [3.8, 4) is 11.5 Å². The van der Waals surface area contributed by atoms with Crippen LogP contribution in [0.15, 0.2) is 59.0 Å². The minimum absolute atomic E-state index is 0.0199. The molecular weight excluding hydrogens is 837 g/mol. The van der Waals surface area contributed by atoms with Crippen LogP contribution in [0, 0.1) is 11.3 Å². The Balaban J connectivity index is 1.25. The van der Waals surface area contributed by atoms with Gasteiger partial charge in [0.25, 0.3) is 0 Å². The van der Waals surface area contributed by atoms with Crippen LogP contribution in [-0.2, 0) is 43.5 Å². The van der Waals surface area contributed by atoms with E-state index in [1.54, 1.807) is 40.5 Å². The number of hydrogen-bond acceptors (Lipinski definition) is 10. The van der Waals surface area contributed by atoms with Crippen molar-refractivity contribution in [2.24, 2.45) is 11.3 Å². The monoisotopic (exact) mass is 906 g/mol. The van der Waals surface area contributed by atoms with Crippen molar-refractivity contribution in [1.82, 2.24) is 9.21 Å². The maximum absolute atomic E-state index is 14.2. The highest BCUT2D eigenvalue weighted by Crippen LogP contribution is 2.47. The molecule has 13 heteroatoms. The summed E-state index contributed by atoms with van der Waals surface area (Å²) in [5.41, 5.74) is 2.91. The Labute approximate surface area is 380 Å². The lowest BCUT2D eigenvalue weighted by Gasteiger charge is -2.35. The number of allylic oxidation sites excluding steroid dienone is 1. The molecule has 1 aromatic heterocycles. The van der Waals surface area contributed by atoms with E-state index in [9.17, 15) is 18.0 Å². The van der Waals surface area contributed by atoms with Gasteiger partial charge < -0.3 is 23.7 Å². The molecule has 346 valence electrons. The van der Waals surface area contributed by atoms with Crippen molar-refractivity contribution in [3.63, 3.8) is 0 Å². The zero-order valence-corrected chi connectivity index (χ0v) is 41.4. The zero-order chi connectivity index (χ0) is 46.3. The Bertz CT molecular complexity index is 2260. The molecule has 11 nitrogen and oxygen atoms in total. The van der Waals surface area contributed by atoms with Crippen LogP contribution in [0.5, 0.6) is 11.5 Å². The Morgan fingerprint density at radius 1 is 0.905 bits per heavy atom. The molecule has 0 radical (unpaired) electrons. The Morgan fingerprint density at radius 2 is 1.54 bits per heavy atom. The molecule has 2 aliphatic carbocycles. The third-order valence-corrected chi connectivity index (χ3v) is 15.0. The second-order valence-electron chi connectivity index (χ2n) is 21.0. The molecular formula is C50H70N2O9S2. The van der Waals surface area contributed by atoms with E-state index in [0.29, 0.717) is 24.5 Å². The zero-order valence-electron chi connectivity index (χ0n) is 39.8. The van der Waals surface area contributed by atoms with Crippen molar-refractivity contribution < 1.29 is 41.7 Å². The fraction of sp³-hybridized carbons (Fsp3) is 0.600. The molecule has 63 heavy (non-hydrogen) atoms. The van der Waals surface area contributed by atoms with Gasteiger partial charge in [0.15, 0.2) is 0 Å². The highest BCUT2D eigenvalue weighted by Gasteiger charge is 2.52. The number of carbonyl (C=O) groups is 2. The van der Waals surface area contributed by atoms with Crippen LogP contribution in [0.1, 0.15) is 140 Å². The van der Waals surface area contributed by atoms with Gasteiger partial charge in [-0.1, -0.05) is 39.8 Å². The molecule has 3 aromatic rings. The van der Waals surface area contributed by atoms with Crippen molar-refractivity contribution >= 4 is 39.0 Å². The average Bonchev–Trinajstić information content (AvgIpc) is 3.85. The van der Waals surface area contributed by atoms with Gasteiger partial charge in [-0.2, -0.15) is 4.31 Å². The molecule has 1 fully saturated rings. The summed E-state index contributed by atoms with van der Waals surface area (Å²) in [5.74, 6) is 1.04. The van der Waals surface area contributed by atoms with Crippen molar-refractivity contribution in [2.75, 3.05) is 26.8 Å². The molecule has 2 heterocycles. The minimum Gasteiger partial charge on any atom is -0.497 e. The van der Waals surface area contributed by atoms with Crippen LogP contribution in [0.4, 0.5) is 4.79 Å². The number of aryl methyl sites for hydroxylation is 1. The lowest BCUT2D eigenvalue weighted by Crippen LogP contribution is -2.52. The number of fused-ring (bicyclic) bond motifs is 1. The lowest BCUT2D eigenvalue weighted by atomic mass is 9.75. The third kappa shape index (κ3) is 11.7. The Kier molecular flexibility index (Phi) is 14.3. The number of sulfonamides is 1. The summed E-state index contributed by atoms with van der Waals surface area (Å²) in [6, 6.07) is 13.7. The fourth-order valence-corrected chi connectivity index (χ4v) is 12.0. The van der Waals surface area contributed by atoms with E-state index in [1.165, 1.54) is 27.4 Å². The number of nitrogens with zero attached hydrogens (tertiary/aromatic N) is 2. The summed E-state index contributed by atoms with van der Waals surface area (Å²) in [6.45, 7) is 24.1. The predicted octanol–water partition coefficient (Wildman–Crippen LogP) is 10.9. The summed E-state index contributed by atoms with van der Waals surface area (Å²) in [5, 5.41) is 0. The molecule has 2 aromatic carbocycles. The molecule has 1 saturated heterocycles. The summed E-state index contributed by atoms with van der Waals surface area (Å²) in [4.78, 5) is 32.0. The smallest absolute Gasteiger partial charge is 0.412 e. The maximum atomic E-state index is 14.2. The van der Waals surface area contributed by atoms with Gasteiger partial charge >= 0.3 is 12.1 Å². The van der Waals surface area contributed by atoms with E-state index in [2.05, 4.69) is 13.8 Å². The van der Waals surface area contributed by atoms with E-state index < -0.39 is 45.2 Å². The normalized spacial score (nSPS) is 20.0. The molecule has 0 unspecified atom stereocenters. The van der Waals surface area contributed by atoms with E-state index in [0.717, 1.165) is 60.1 Å². The van der Waals surface area contributed by atoms with Crippen molar-refractivity contribution in [3.05, 3.63) is 80.5 Å². The molecule has 3 aliphatic rings. The number of esters is 1. The predicted molar refractivity (Wildman–Crippen MR) is 249 cm³/mol. The molecule has 0 bridgehead atoms. The number of hydrogen-bond donors (Lipinski definition) is 0. The van der Waals surface area contributed by atoms with Crippen molar-refractivity contribution in [2.45, 2.75) is 162 Å². The van der Waals surface area contributed by atoms with E-state index in [-0.39, 0.29) is 35.3 Å². The second kappa shape index (κ2) is 18.5. The molecule has 2 atom stereocenters. The third-order valence-electron chi connectivity index (χ3n) is 11.8. The standard InChI is InChI=1S/C50H70N2O9S2/c1-32(2)29-51(63(55,56)37-23-21-35(57-13)22-24-37)30-41-40(52(50(11,12)59-41)46(54)61-48(6,7)8)27-33-17-19-36(20-18-33)58-31-34-15-14-16-38(34)44-43(45(53)60-47(3,4)5)39-28-49(9,10)26-25-42(39)62-44/h17-24,32,40-41H,14-16,25-31H2,1-13H3/t40-,41+/m0/s1. The van der Waals surface area contributed by atoms with Gasteiger partial charge in [-0.25, -0.2) is 18.0 Å². The maximum Gasteiger partial charge on any atom is 0.412 e. The molecule has 0 N–H and O–H groups in total. The van der Waals surface area contributed by atoms with E-state index in [4.69, 9.17) is 23.7 Å². The van der Waals surface area contributed by atoms with Gasteiger partial charge in [0.05, 0.1) is 29.7 Å². The summed E-state index contributed by atoms with van der Waals surface area (Å²) >= 11 is 1.77. The molecule has 0 spiro atoms. The van der Waals surface area contributed by atoms with E-state index >= 15 is 0 Å². The van der Waals surface area contributed by atoms with Gasteiger partial charge in [-0.05, 0) is 170 Å². The van der Waals surface area contributed by atoms with Gasteiger partial charge in [0, 0.05) is 22.8 Å². The van der Waals surface area contributed by atoms with Gasteiger partial charge in [-0.3, -0.25) is 4.90 Å². The Morgan fingerprint density at radius 3 is 2.14 bits per heavy atom. The quantitative estimate of drug-likeness (QED) is 0.146. The van der Waals surface area contributed by atoms with Crippen LogP contribution in [0.25, 0.3) is 5.57 Å². The van der Waals surface area contributed by atoms with Crippen LogP contribution in [0.2, 0.25) is 0 Å². The first-order valence-electron chi connectivity index (χ1n) is 22.4. The highest BCUT2D eigenvalue weighted by molar-refractivity contribution is 7.89. The molecule has 6 rings (SSSR count). The van der Waals surface area contributed by atoms with Crippen LogP contribution in [0.3, 0.4) is 0 Å². The number of ether oxygens (including phenoxy) is 5. The Hall–Kier alpha value is -3.91. The number of amides is 1. The second-order valence-corrected chi connectivity index (χ2v) is 24.1. The van der Waals surface area contributed by atoms with Crippen LogP contribution < -0.4 is 9.47 Å². The molecule has 1 aliphatic heterocycles. The number of thiophene rings is 1. The van der Waals surface area contributed by atoms with Crippen molar-refractivity contribution in [1.29, 1.82) is 0 Å². The number of methoxy groups -OCH3 is 1. The average molecular weight is 907 g/mol. The largest absolute Gasteiger partial charge is 0.497 e. The highest BCUT2D eigenvalue weighted by atomic mass is 32.2. The number of carbonyl (C=O) groups excluding carboxylic acids is 2. The molecule has 1 amide bonds. The topological polar surface area (TPSA) is 121 Å². The summed E-state index contributed by atoms with van der Waals surface area (Å²) in [6.07, 6.45) is 4.88. The minimum atomic E-state index is -3.95. The van der Waals surface area contributed by atoms with Crippen LogP contribution >= 0.6 is 11.3 Å². The first kappa shape index (κ1) is 48.5. The summed E-state index contributed by atoms with van der Waals surface area (Å²) < 4.78 is 60.3. The summed E-state index contributed by atoms with van der Waals surface area (Å²) in [7, 11) is -2.41. The lowest BCUT2D eigenvalue weighted by molar-refractivity contribution is -0.0807. The first-order valence-corrected chi connectivity index (χ1v) is 24.7. The first-order chi connectivity index (χ1) is 29.3. The fourth-order valence-electron chi connectivity index (χ4n) is 8.95. The SMILES string of the molecule is COc1ccc(S(=O)(=O)N(CC(C)C)C[C@H]2OC(C)(C)N(C(=O)OC(C)(C)C)[C@H]2Cc2ccc(OCC3=C(c4sc5c(c4C(=O)OC(C)(C)C)CC(C)(C)CC5)CCC3)cc2)cc1. The van der Waals surface area contributed by atoms with Gasteiger partial charge in [0.2, 0.25) is 10.0 Å². The number of benzene rings is 2. The van der Waals surface area contributed by atoms with Gasteiger partial charge in [-0.15, -0.1) is 11.3 Å². The van der Waals surface area contributed by atoms with Crippen LogP contribution in [-0.4, -0.2) is 85.6 Å². The molecule has 0 saturated carbocycles. The number of rotatable bonds is 14. The van der Waals surface area contributed by atoms with Gasteiger partial charge in [0.1, 0.15) is 35.0 Å². The van der Waals surface area contributed by atoms with E-state index in [1.807, 2.05) is 93.5 Å².